The molecule has 0 amide bonds. The van der Waals surface area contributed by atoms with E-state index in [1.807, 2.05) is 6.20 Å². The molecule has 4 heteroatoms. The van der Waals surface area contributed by atoms with E-state index in [1.165, 1.54) is 10.9 Å². The molecule has 1 N–H and O–H groups in total. The van der Waals surface area contributed by atoms with E-state index in [0.717, 1.165) is 24.8 Å². The van der Waals surface area contributed by atoms with Gasteiger partial charge in [0, 0.05) is 11.7 Å². The Bertz CT molecular complexity index is 657. The molecule has 2 heterocycles. The van der Waals surface area contributed by atoms with Crippen molar-refractivity contribution in [3.8, 4) is 0 Å². The average molecular weight is 263 g/mol. The van der Waals surface area contributed by atoms with Crippen molar-refractivity contribution in [3.05, 3.63) is 36.0 Å². The molecule has 1 aliphatic rings. The predicted octanol–water partition coefficient (Wildman–Crippen LogP) is 2.54. The second kappa shape index (κ2) is 4.43. The lowest BCUT2D eigenvalue weighted by atomic mass is 9.98. The van der Waals surface area contributed by atoms with Gasteiger partial charge in [-0.05, 0) is 54.3 Å². The number of hydrogen-bond donors (Lipinski definition) is 1. The summed E-state index contributed by atoms with van der Waals surface area (Å²) in [7, 11) is -2.73. The van der Waals surface area contributed by atoms with Crippen molar-refractivity contribution in [3.63, 3.8) is 0 Å². The molecule has 2 aromatic rings. The summed E-state index contributed by atoms with van der Waals surface area (Å²) in [6.07, 6.45) is 4.74. The number of hydrogen-bond acceptors (Lipinski definition) is 2. The maximum Gasteiger partial charge on any atom is 0.150 e. The van der Waals surface area contributed by atoms with Crippen molar-refractivity contribution < 1.29 is 8.42 Å². The van der Waals surface area contributed by atoms with Crippen LogP contribution in [-0.4, -0.2) is 24.9 Å². The third-order valence-corrected chi connectivity index (χ3v) is 5.62. The van der Waals surface area contributed by atoms with Crippen molar-refractivity contribution in [1.82, 2.24) is 4.98 Å². The predicted molar refractivity (Wildman–Crippen MR) is 73.4 cm³/mol. The van der Waals surface area contributed by atoms with Crippen LogP contribution in [0.2, 0.25) is 0 Å². The number of aryl methyl sites for hydroxylation is 1. The molecule has 1 aliphatic heterocycles. The summed E-state index contributed by atoms with van der Waals surface area (Å²) in [6.45, 7) is 0. The first-order valence-electron chi connectivity index (χ1n) is 6.39. The number of H-pyrrole nitrogens is 1. The Kier molecular flexibility index (Phi) is 2.90. The first-order chi connectivity index (χ1) is 8.62. The Balaban J connectivity index is 1.66. The molecule has 0 radical (unpaired) electrons. The van der Waals surface area contributed by atoms with Crippen molar-refractivity contribution >= 4 is 20.7 Å². The van der Waals surface area contributed by atoms with Gasteiger partial charge >= 0.3 is 0 Å². The molecule has 0 spiro atoms. The number of rotatable bonds is 3. The molecule has 1 fully saturated rings. The van der Waals surface area contributed by atoms with Gasteiger partial charge in [-0.25, -0.2) is 8.42 Å². The first-order valence-corrected chi connectivity index (χ1v) is 8.21. The number of benzene rings is 1. The van der Waals surface area contributed by atoms with Crippen LogP contribution in [0.3, 0.4) is 0 Å². The largest absolute Gasteiger partial charge is 0.361 e. The molecular weight excluding hydrogens is 246 g/mol. The Hall–Kier alpha value is -1.29. The molecular formula is C14H17NO2S. The van der Waals surface area contributed by atoms with E-state index < -0.39 is 9.84 Å². The standard InChI is InChI=1S/C14H17NO2S/c16-18(17)8-6-12(10-18)2-1-11-3-4-14-13(9-11)5-7-15-14/h3-5,7,9,12,15H,1-2,6,8,10H2. The maximum absolute atomic E-state index is 11.4. The van der Waals surface area contributed by atoms with Gasteiger partial charge in [-0.1, -0.05) is 6.07 Å². The zero-order valence-corrected chi connectivity index (χ0v) is 11.0. The second-order valence-electron chi connectivity index (χ2n) is 5.21. The van der Waals surface area contributed by atoms with E-state index in [4.69, 9.17) is 0 Å². The molecule has 96 valence electrons. The van der Waals surface area contributed by atoms with Crippen molar-refractivity contribution in [2.45, 2.75) is 19.3 Å². The molecule has 3 rings (SSSR count). The molecule has 0 bridgehead atoms. The van der Waals surface area contributed by atoms with Gasteiger partial charge in [-0.2, -0.15) is 0 Å². The van der Waals surface area contributed by atoms with Crippen molar-refractivity contribution in [1.29, 1.82) is 0 Å². The van der Waals surface area contributed by atoms with E-state index in [0.29, 0.717) is 17.4 Å². The van der Waals surface area contributed by atoms with E-state index in [1.54, 1.807) is 0 Å². The average Bonchev–Trinajstić information content (AvgIpc) is 2.92. The van der Waals surface area contributed by atoms with Crippen LogP contribution in [0.4, 0.5) is 0 Å². The molecule has 0 aliphatic carbocycles. The molecule has 1 aromatic carbocycles. The van der Waals surface area contributed by atoms with Crippen LogP contribution in [0.25, 0.3) is 10.9 Å². The fourth-order valence-electron chi connectivity index (χ4n) is 2.73. The Morgan fingerprint density at radius 1 is 1.28 bits per heavy atom. The van der Waals surface area contributed by atoms with E-state index in [2.05, 4.69) is 29.2 Å². The summed E-state index contributed by atoms with van der Waals surface area (Å²) in [5, 5.41) is 1.23. The first kappa shape index (κ1) is 11.8. The van der Waals surface area contributed by atoms with Crippen molar-refractivity contribution in [2.24, 2.45) is 5.92 Å². The molecule has 18 heavy (non-hydrogen) atoms. The zero-order chi connectivity index (χ0) is 12.6. The Labute approximate surface area is 107 Å². The van der Waals surface area contributed by atoms with Crippen LogP contribution < -0.4 is 0 Å². The highest BCUT2D eigenvalue weighted by atomic mass is 32.2. The minimum atomic E-state index is -2.73. The summed E-state index contributed by atoms with van der Waals surface area (Å²) in [5.41, 5.74) is 2.45. The quantitative estimate of drug-likeness (QED) is 0.925. The van der Waals surface area contributed by atoms with Gasteiger partial charge in [-0.15, -0.1) is 0 Å². The van der Waals surface area contributed by atoms with Crippen LogP contribution in [0.1, 0.15) is 18.4 Å². The van der Waals surface area contributed by atoms with Gasteiger partial charge in [0.05, 0.1) is 11.5 Å². The summed E-state index contributed by atoms with van der Waals surface area (Å²) >= 11 is 0. The molecule has 1 atom stereocenters. The highest BCUT2D eigenvalue weighted by Crippen LogP contribution is 2.24. The topological polar surface area (TPSA) is 49.9 Å². The monoisotopic (exact) mass is 263 g/mol. The highest BCUT2D eigenvalue weighted by Gasteiger charge is 2.27. The number of aromatic amines is 1. The number of nitrogens with one attached hydrogen (secondary N) is 1. The molecule has 1 saturated heterocycles. The minimum Gasteiger partial charge on any atom is -0.361 e. The number of fused-ring (bicyclic) bond motifs is 1. The summed E-state index contributed by atoms with van der Waals surface area (Å²) < 4.78 is 22.8. The SMILES string of the molecule is O=S1(=O)CCC(CCc2ccc3[nH]ccc3c2)C1. The lowest BCUT2D eigenvalue weighted by Gasteiger charge is -2.07. The molecule has 3 nitrogen and oxygen atoms in total. The number of sulfone groups is 1. The van der Waals surface area contributed by atoms with E-state index in [9.17, 15) is 8.42 Å². The normalized spacial score (nSPS) is 22.6. The lowest BCUT2D eigenvalue weighted by molar-refractivity contribution is 0.542. The minimum absolute atomic E-state index is 0.358. The number of aromatic nitrogens is 1. The summed E-state index contributed by atoms with van der Waals surface area (Å²) in [6, 6.07) is 8.48. The van der Waals surface area contributed by atoms with E-state index >= 15 is 0 Å². The van der Waals surface area contributed by atoms with Crippen LogP contribution in [-0.2, 0) is 16.3 Å². The summed E-state index contributed by atoms with van der Waals surface area (Å²) in [5.74, 6) is 1.13. The molecule has 1 unspecified atom stereocenters. The molecule has 1 aromatic heterocycles. The maximum atomic E-state index is 11.4. The van der Waals surface area contributed by atoms with Crippen LogP contribution in [0, 0.1) is 5.92 Å². The fraction of sp³-hybridized carbons (Fsp3) is 0.429. The summed E-state index contributed by atoms with van der Waals surface area (Å²) in [4.78, 5) is 3.18. The van der Waals surface area contributed by atoms with Gasteiger partial charge in [-0.3, -0.25) is 0 Å². The van der Waals surface area contributed by atoms with Crippen molar-refractivity contribution in [2.75, 3.05) is 11.5 Å². The fourth-order valence-corrected chi connectivity index (χ4v) is 4.64. The second-order valence-corrected chi connectivity index (χ2v) is 7.44. The van der Waals surface area contributed by atoms with Gasteiger partial charge in [0.1, 0.15) is 0 Å². The Morgan fingerprint density at radius 3 is 2.94 bits per heavy atom. The third-order valence-electron chi connectivity index (χ3n) is 3.79. The lowest BCUT2D eigenvalue weighted by Crippen LogP contribution is -2.05. The van der Waals surface area contributed by atoms with Crippen LogP contribution >= 0.6 is 0 Å². The highest BCUT2D eigenvalue weighted by molar-refractivity contribution is 7.91. The van der Waals surface area contributed by atoms with Gasteiger partial charge < -0.3 is 4.98 Å². The van der Waals surface area contributed by atoms with Crippen LogP contribution in [0.5, 0.6) is 0 Å². The van der Waals surface area contributed by atoms with Gasteiger partial charge in [0.25, 0.3) is 0 Å². The Morgan fingerprint density at radius 2 is 2.17 bits per heavy atom. The zero-order valence-electron chi connectivity index (χ0n) is 10.2. The third kappa shape index (κ3) is 2.43. The van der Waals surface area contributed by atoms with Gasteiger partial charge in [0.2, 0.25) is 0 Å². The van der Waals surface area contributed by atoms with Crippen LogP contribution in [0.15, 0.2) is 30.5 Å². The smallest absolute Gasteiger partial charge is 0.150 e. The van der Waals surface area contributed by atoms with Gasteiger partial charge in [0.15, 0.2) is 9.84 Å². The molecule has 0 saturated carbocycles. The van der Waals surface area contributed by atoms with E-state index in [-0.39, 0.29) is 0 Å².